The number of esters is 1. The van der Waals surface area contributed by atoms with E-state index < -0.39 is 5.97 Å². The standard InChI is InChI=1S/C19H21BrFN3O3/c1-11(2)23-19(22-10-13-8-14(20)5-6-15(13)21)24-16-9-12(18(26)27-3)4-7-17(16)25/h4-9,11,25H,10H2,1-3H3,(H2,22,23,24). The maximum atomic E-state index is 13.9. The fraction of sp³-hybridized carbons (Fsp3) is 0.263. The third kappa shape index (κ3) is 5.96. The summed E-state index contributed by atoms with van der Waals surface area (Å²) in [5, 5.41) is 16.1. The van der Waals surface area contributed by atoms with Gasteiger partial charge in [0.25, 0.3) is 0 Å². The number of aromatic hydroxyl groups is 1. The van der Waals surface area contributed by atoms with E-state index in [0.717, 1.165) is 4.47 Å². The van der Waals surface area contributed by atoms with Gasteiger partial charge in [0.15, 0.2) is 5.96 Å². The molecule has 0 radical (unpaired) electrons. The molecule has 0 aromatic heterocycles. The highest BCUT2D eigenvalue weighted by atomic mass is 79.9. The number of hydrogen-bond donors (Lipinski definition) is 3. The Morgan fingerprint density at radius 2 is 2.04 bits per heavy atom. The molecule has 0 saturated carbocycles. The molecular weight excluding hydrogens is 417 g/mol. The predicted octanol–water partition coefficient (Wildman–Crippen LogP) is 4.05. The molecule has 0 aliphatic carbocycles. The van der Waals surface area contributed by atoms with Gasteiger partial charge in [0.05, 0.1) is 24.9 Å². The number of benzene rings is 2. The molecule has 0 aliphatic rings. The summed E-state index contributed by atoms with van der Waals surface area (Å²) in [6, 6.07) is 8.97. The number of rotatable bonds is 5. The SMILES string of the molecule is COC(=O)c1ccc(O)c(NC(=NCc2cc(Br)ccc2F)NC(C)C)c1. The summed E-state index contributed by atoms with van der Waals surface area (Å²) in [5.41, 5.74) is 0.973. The number of phenolic OH excluding ortho intramolecular Hbond substituents is 1. The molecule has 6 nitrogen and oxygen atoms in total. The molecule has 3 N–H and O–H groups in total. The van der Waals surface area contributed by atoms with Crippen LogP contribution in [0.3, 0.4) is 0 Å². The fourth-order valence-corrected chi connectivity index (χ4v) is 2.64. The summed E-state index contributed by atoms with van der Waals surface area (Å²) in [7, 11) is 1.28. The summed E-state index contributed by atoms with van der Waals surface area (Å²) >= 11 is 3.31. The lowest BCUT2D eigenvalue weighted by atomic mass is 10.2. The first-order valence-electron chi connectivity index (χ1n) is 8.23. The molecule has 0 spiro atoms. The maximum absolute atomic E-state index is 13.9. The van der Waals surface area contributed by atoms with Crippen LogP contribution in [-0.2, 0) is 11.3 Å². The Labute approximate surface area is 165 Å². The molecule has 2 rings (SSSR count). The zero-order chi connectivity index (χ0) is 20.0. The summed E-state index contributed by atoms with van der Waals surface area (Å²) in [5.74, 6) is -0.609. The van der Waals surface area contributed by atoms with Gasteiger partial charge in [-0.3, -0.25) is 0 Å². The van der Waals surface area contributed by atoms with Gasteiger partial charge in [-0.15, -0.1) is 0 Å². The van der Waals surface area contributed by atoms with Gasteiger partial charge >= 0.3 is 5.97 Å². The van der Waals surface area contributed by atoms with Crippen LogP contribution in [-0.4, -0.2) is 30.2 Å². The normalized spacial score (nSPS) is 11.4. The molecule has 0 atom stereocenters. The van der Waals surface area contributed by atoms with Gasteiger partial charge in [-0.2, -0.15) is 0 Å². The molecular formula is C19H21BrFN3O3. The molecule has 0 bridgehead atoms. The van der Waals surface area contributed by atoms with Crippen LogP contribution in [0, 0.1) is 5.82 Å². The first-order chi connectivity index (χ1) is 12.8. The number of ether oxygens (including phenoxy) is 1. The number of carbonyl (C=O) groups is 1. The van der Waals surface area contributed by atoms with Crippen LogP contribution in [0.4, 0.5) is 10.1 Å². The molecule has 0 heterocycles. The lowest BCUT2D eigenvalue weighted by molar-refractivity contribution is 0.0601. The number of carbonyl (C=O) groups excluding carboxylic acids is 1. The number of aliphatic imine (C=N–C) groups is 1. The van der Waals surface area contributed by atoms with E-state index in [4.69, 9.17) is 4.74 Å². The molecule has 0 fully saturated rings. The number of guanidine groups is 1. The Kier molecular flexibility index (Phi) is 7.18. The van der Waals surface area contributed by atoms with Crippen LogP contribution in [0.5, 0.6) is 5.75 Å². The van der Waals surface area contributed by atoms with Crippen LogP contribution in [0.2, 0.25) is 0 Å². The lowest BCUT2D eigenvalue weighted by Crippen LogP contribution is -2.36. The Bertz CT molecular complexity index is 856. The average Bonchev–Trinajstić information content (AvgIpc) is 2.62. The molecule has 0 amide bonds. The van der Waals surface area contributed by atoms with E-state index in [2.05, 4.69) is 31.6 Å². The molecule has 0 aliphatic heterocycles. The largest absolute Gasteiger partial charge is 0.506 e. The smallest absolute Gasteiger partial charge is 0.337 e. The van der Waals surface area contributed by atoms with Crippen molar-refractivity contribution in [1.82, 2.24) is 5.32 Å². The van der Waals surface area contributed by atoms with Crippen molar-refractivity contribution < 1.29 is 19.0 Å². The molecule has 27 heavy (non-hydrogen) atoms. The highest BCUT2D eigenvalue weighted by Gasteiger charge is 2.12. The first kappa shape index (κ1) is 20.7. The number of anilines is 1. The van der Waals surface area contributed by atoms with E-state index >= 15 is 0 Å². The van der Waals surface area contributed by atoms with Crippen molar-refractivity contribution in [2.75, 3.05) is 12.4 Å². The van der Waals surface area contributed by atoms with Crippen LogP contribution < -0.4 is 10.6 Å². The van der Waals surface area contributed by atoms with Crippen molar-refractivity contribution in [1.29, 1.82) is 0 Å². The quantitative estimate of drug-likeness (QED) is 0.284. The molecule has 2 aromatic carbocycles. The monoisotopic (exact) mass is 437 g/mol. The summed E-state index contributed by atoms with van der Waals surface area (Å²) < 4.78 is 19.4. The fourth-order valence-electron chi connectivity index (χ4n) is 2.23. The third-order valence-corrected chi connectivity index (χ3v) is 4.00. The van der Waals surface area contributed by atoms with E-state index in [1.165, 1.54) is 31.4 Å². The average molecular weight is 438 g/mol. The Hall–Kier alpha value is -2.61. The summed E-state index contributed by atoms with van der Waals surface area (Å²) in [6.07, 6.45) is 0. The lowest BCUT2D eigenvalue weighted by Gasteiger charge is -2.16. The van der Waals surface area contributed by atoms with Crippen LogP contribution in [0.1, 0.15) is 29.8 Å². The zero-order valence-electron chi connectivity index (χ0n) is 15.2. The minimum Gasteiger partial charge on any atom is -0.506 e. The Morgan fingerprint density at radius 3 is 2.70 bits per heavy atom. The number of methoxy groups -OCH3 is 1. The minimum atomic E-state index is -0.524. The van der Waals surface area contributed by atoms with Crippen LogP contribution in [0.15, 0.2) is 45.9 Å². The topological polar surface area (TPSA) is 83.0 Å². The van der Waals surface area contributed by atoms with Crippen molar-refractivity contribution in [3.8, 4) is 5.75 Å². The van der Waals surface area contributed by atoms with Crippen molar-refractivity contribution >= 4 is 33.5 Å². The van der Waals surface area contributed by atoms with E-state index in [1.54, 1.807) is 12.1 Å². The minimum absolute atomic E-state index is 0.0366. The van der Waals surface area contributed by atoms with E-state index in [9.17, 15) is 14.3 Å². The van der Waals surface area contributed by atoms with Gasteiger partial charge in [-0.25, -0.2) is 14.2 Å². The second-order valence-electron chi connectivity index (χ2n) is 6.05. The number of nitrogens with zero attached hydrogens (tertiary/aromatic N) is 1. The van der Waals surface area contributed by atoms with Gasteiger partial charge in [0, 0.05) is 16.1 Å². The maximum Gasteiger partial charge on any atom is 0.337 e. The van der Waals surface area contributed by atoms with Gasteiger partial charge < -0.3 is 20.5 Å². The number of phenols is 1. The van der Waals surface area contributed by atoms with E-state index in [0.29, 0.717) is 11.5 Å². The Morgan fingerprint density at radius 1 is 1.30 bits per heavy atom. The van der Waals surface area contributed by atoms with E-state index in [-0.39, 0.29) is 35.4 Å². The van der Waals surface area contributed by atoms with Crippen LogP contribution in [0.25, 0.3) is 0 Å². The van der Waals surface area contributed by atoms with Crippen molar-refractivity contribution in [3.05, 3.63) is 57.8 Å². The number of nitrogens with one attached hydrogen (secondary N) is 2. The number of halogens is 2. The zero-order valence-corrected chi connectivity index (χ0v) is 16.8. The van der Waals surface area contributed by atoms with Crippen molar-refractivity contribution in [2.45, 2.75) is 26.4 Å². The predicted molar refractivity (Wildman–Crippen MR) is 107 cm³/mol. The molecule has 2 aromatic rings. The van der Waals surface area contributed by atoms with Gasteiger partial charge in [0.1, 0.15) is 11.6 Å². The summed E-state index contributed by atoms with van der Waals surface area (Å²) in [6.45, 7) is 3.92. The van der Waals surface area contributed by atoms with Gasteiger partial charge in [-0.1, -0.05) is 15.9 Å². The van der Waals surface area contributed by atoms with Crippen LogP contribution >= 0.6 is 15.9 Å². The van der Waals surface area contributed by atoms with Gasteiger partial charge in [-0.05, 0) is 50.2 Å². The second kappa shape index (κ2) is 9.36. The second-order valence-corrected chi connectivity index (χ2v) is 6.96. The molecule has 144 valence electrons. The molecule has 0 saturated heterocycles. The highest BCUT2D eigenvalue weighted by molar-refractivity contribution is 9.10. The van der Waals surface area contributed by atoms with Crippen molar-refractivity contribution in [3.63, 3.8) is 0 Å². The summed E-state index contributed by atoms with van der Waals surface area (Å²) in [4.78, 5) is 16.1. The third-order valence-electron chi connectivity index (χ3n) is 3.51. The van der Waals surface area contributed by atoms with E-state index in [1.807, 2.05) is 13.8 Å². The molecule has 8 heteroatoms. The van der Waals surface area contributed by atoms with Crippen molar-refractivity contribution in [2.24, 2.45) is 4.99 Å². The Balaban J connectivity index is 2.29. The highest BCUT2D eigenvalue weighted by Crippen LogP contribution is 2.25. The first-order valence-corrected chi connectivity index (χ1v) is 9.02. The molecule has 0 unspecified atom stereocenters. The van der Waals surface area contributed by atoms with Gasteiger partial charge in [0.2, 0.25) is 0 Å². The number of hydrogen-bond acceptors (Lipinski definition) is 4.